The SMILES string of the molecule is CN1CCN(C(=O)Cn2cc(Oc3ccc(OC(F)F)c(-c4nn(C)cc4NC(=O)c4cnn5cccnc45)c3)cn2)CC1.Cc1ccc(Oc2ccc(OC(F)F)c(-c3nn(C[C@@H]4C[C@@H](F)CN4C)cc3NC(=O)c3cnn4cccnc34)c2)cc1C(=O)N(C)C. The van der Waals surface area contributed by atoms with Crippen molar-refractivity contribution >= 4 is 46.3 Å². The molecule has 26 nitrogen and oxygen atoms in total. The van der Waals surface area contributed by atoms with E-state index in [2.05, 4.69) is 51.0 Å². The van der Waals surface area contributed by atoms with Crippen molar-refractivity contribution < 1.29 is 60.1 Å². The van der Waals surface area contributed by atoms with Crippen LogP contribution in [0.3, 0.4) is 0 Å². The van der Waals surface area contributed by atoms with Gasteiger partial charge in [-0.05, 0) is 93.7 Å². The summed E-state index contributed by atoms with van der Waals surface area (Å²) in [7, 11) is 8.74. The highest BCUT2D eigenvalue weighted by Crippen LogP contribution is 2.41. The molecule has 2 N–H and O–H groups in total. The van der Waals surface area contributed by atoms with E-state index >= 15 is 0 Å². The second-order valence-electron chi connectivity index (χ2n) is 21.9. The van der Waals surface area contributed by atoms with Gasteiger partial charge in [0.25, 0.3) is 17.7 Å². The molecule has 2 fully saturated rings. The number of amides is 4. The summed E-state index contributed by atoms with van der Waals surface area (Å²) < 4.78 is 97.3. The first-order chi connectivity index (χ1) is 44.2. The highest BCUT2D eigenvalue weighted by molar-refractivity contribution is 6.10. The van der Waals surface area contributed by atoms with Gasteiger partial charge in [-0.25, -0.2) is 23.4 Å². The third kappa shape index (κ3) is 14.4. The van der Waals surface area contributed by atoms with Crippen LogP contribution < -0.4 is 29.6 Å². The van der Waals surface area contributed by atoms with Crippen molar-refractivity contribution in [3.63, 3.8) is 0 Å². The Bertz CT molecular complexity index is 4330. The molecule has 4 amide bonds. The molecule has 2 aliphatic rings. The minimum atomic E-state index is -3.16. The van der Waals surface area contributed by atoms with Crippen LogP contribution in [0, 0.1) is 6.92 Å². The number of piperazine rings is 1. The molecule has 0 spiro atoms. The average molecular weight is 1270 g/mol. The second-order valence-corrected chi connectivity index (χ2v) is 21.9. The maximum absolute atomic E-state index is 14.2. The number of fused-ring (bicyclic) bond motifs is 2. The van der Waals surface area contributed by atoms with E-state index in [9.17, 15) is 41.1 Å². The number of anilines is 2. The van der Waals surface area contributed by atoms with Gasteiger partial charge in [0.05, 0.1) is 53.8 Å². The molecule has 0 aliphatic carbocycles. The summed E-state index contributed by atoms with van der Waals surface area (Å²) in [4.78, 5) is 67.9. The van der Waals surface area contributed by atoms with Gasteiger partial charge in [-0.3, -0.25) is 38.1 Å². The van der Waals surface area contributed by atoms with Crippen molar-refractivity contribution in [2.75, 3.05) is 71.5 Å². The van der Waals surface area contributed by atoms with Crippen LogP contribution in [0.25, 0.3) is 33.8 Å². The molecule has 9 heterocycles. The molecule has 478 valence electrons. The molecule has 2 atom stereocenters. The first-order valence-corrected chi connectivity index (χ1v) is 28.7. The Morgan fingerprint density at radius 2 is 1.21 bits per heavy atom. The Morgan fingerprint density at radius 3 is 1.77 bits per heavy atom. The maximum Gasteiger partial charge on any atom is 0.387 e. The van der Waals surface area contributed by atoms with E-state index in [1.165, 1.54) is 102 Å². The van der Waals surface area contributed by atoms with E-state index in [0.29, 0.717) is 47.9 Å². The molecule has 7 aromatic heterocycles. The number of halogens is 5. The van der Waals surface area contributed by atoms with Gasteiger partial charge >= 0.3 is 13.2 Å². The number of nitrogens with zero attached hydrogens (tertiary/aromatic N) is 16. The monoisotopic (exact) mass is 1270 g/mol. The predicted molar refractivity (Wildman–Crippen MR) is 323 cm³/mol. The van der Waals surface area contributed by atoms with E-state index in [4.69, 9.17) is 18.9 Å². The van der Waals surface area contributed by atoms with E-state index < -0.39 is 31.2 Å². The molecule has 0 saturated carbocycles. The average Bonchev–Trinajstić information content (AvgIpc) is 1.85. The largest absolute Gasteiger partial charge is 0.457 e. The first kappa shape index (κ1) is 62.8. The van der Waals surface area contributed by atoms with Gasteiger partial charge in [0.15, 0.2) is 17.0 Å². The Kier molecular flexibility index (Phi) is 18.5. The van der Waals surface area contributed by atoms with E-state index in [0.717, 1.165) is 18.7 Å². The van der Waals surface area contributed by atoms with Crippen molar-refractivity contribution in [3.8, 4) is 57.0 Å². The number of carbonyl (C=O) groups excluding carboxylic acids is 4. The molecule has 2 saturated heterocycles. The molecule has 10 aromatic rings. The minimum Gasteiger partial charge on any atom is -0.457 e. The number of hydrogen-bond acceptors (Lipinski definition) is 17. The normalized spacial score (nSPS) is 15.2. The zero-order valence-electron chi connectivity index (χ0n) is 50.4. The summed E-state index contributed by atoms with van der Waals surface area (Å²) in [5.74, 6) is -0.564. The van der Waals surface area contributed by atoms with Crippen molar-refractivity contribution in [1.82, 2.24) is 78.1 Å². The Hall–Kier alpha value is -10.8. The number of alkyl halides is 5. The zero-order valence-corrected chi connectivity index (χ0v) is 50.4. The number of nitrogens with one attached hydrogen (secondary N) is 2. The first-order valence-electron chi connectivity index (χ1n) is 28.7. The van der Waals surface area contributed by atoms with Crippen molar-refractivity contribution in [3.05, 3.63) is 151 Å². The lowest BCUT2D eigenvalue weighted by molar-refractivity contribution is -0.133. The van der Waals surface area contributed by atoms with Crippen LogP contribution in [-0.4, -0.2) is 188 Å². The van der Waals surface area contributed by atoms with Gasteiger partial charge in [0, 0.05) is 103 Å². The minimum absolute atomic E-state index is 0.0480. The van der Waals surface area contributed by atoms with E-state index in [1.807, 2.05) is 19.0 Å². The second kappa shape index (κ2) is 27.1. The summed E-state index contributed by atoms with van der Waals surface area (Å²) >= 11 is 0. The molecule has 2 aliphatic heterocycles. The number of ether oxygens (including phenoxy) is 4. The molecule has 92 heavy (non-hydrogen) atoms. The summed E-state index contributed by atoms with van der Waals surface area (Å²) in [5, 5.41) is 27.2. The number of likely N-dealkylation sites (N-methyl/N-ethyl adjacent to an activating group) is 2. The van der Waals surface area contributed by atoms with Crippen molar-refractivity contribution in [2.24, 2.45) is 7.05 Å². The van der Waals surface area contributed by atoms with Crippen LogP contribution in [0.4, 0.5) is 33.3 Å². The Labute approximate surface area is 521 Å². The van der Waals surface area contributed by atoms with Gasteiger partial charge < -0.3 is 44.3 Å². The highest BCUT2D eigenvalue weighted by Gasteiger charge is 2.32. The van der Waals surface area contributed by atoms with Crippen LogP contribution in [-0.2, 0) is 24.9 Å². The third-order valence-corrected chi connectivity index (χ3v) is 15.1. The number of aromatic nitrogens is 12. The smallest absolute Gasteiger partial charge is 0.387 e. The van der Waals surface area contributed by atoms with Crippen molar-refractivity contribution in [2.45, 2.75) is 51.9 Å². The van der Waals surface area contributed by atoms with Crippen LogP contribution in [0.1, 0.15) is 43.1 Å². The lowest BCUT2D eigenvalue weighted by atomic mass is 10.1. The molecule has 0 radical (unpaired) electrons. The van der Waals surface area contributed by atoms with Crippen molar-refractivity contribution in [1.29, 1.82) is 0 Å². The van der Waals surface area contributed by atoms with Crippen LogP contribution in [0.2, 0.25) is 0 Å². The summed E-state index contributed by atoms with van der Waals surface area (Å²) in [6.07, 6.45) is 14.5. The van der Waals surface area contributed by atoms with Gasteiger partial charge in [0.1, 0.15) is 64.0 Å². The Balaban J connectivity index is 0.000000189. The standard InChI is InChI=1S/C33H33F3N8O4.C28H28F2N10O4/c1-19-6-7-22(13-24(19)32(46)41(2)3)47-23-8-9-28(48-33(35)36)25(14-23)29-27(18-43(40-29)17-21-12-20(34)16-42(21)4)39-31(45)26-15-38-44-11-5-10-37-30(26)44;1-36-8-10-38(11-9-36)24(41)17-39-15-19(13-32-39)43-18-4-5-23(44-28(29)30)20(12-18)25-22(16-37(2)35-25)34-27(42)21-14-33-40-7-3-6-31-26(21)40/h5-11,13-15,18,20-21,33H,12,16-17H2,1-4H3,(H,39,45);3-7,12-16,28H,8-11,17H2,1-2H3,(H,34,42)/t20-,21+;/m1./s1. The molecule has 3 aromatic carbocycles. The molecule has 0 unspecified atom stereocenters. The lowest BCUT2D eigenvalue weighted by Gasteiger charge is -2.32. The fourth-order valence-corrected chi connectivity index (χ4v) is 10.5. The topological polar surface area (TPSA) is 256 Å². The molecular formula is C61H61F5N18O8. The quantitative estimate of drug-likeness (QED) is 0.0726. The fraction of sp³-hybridized carbons (Fsp3) is 0.295. The number of hydrogen-bond donors (Lipinski definition) is 2. The molecule has 31 heteroatoms. The summed E-state index contributed by atoms with van der Waals surface area (Å²) in [6.45, 7) is -0.932. The van der Waals surface area contributed by atoms with E-state index in [-0.39, 0.29) is 106 Å². The molecular weight excluding hydrogens is 1210 g/mol. The van der Waals surface area contributed by atoms with Gasteiger partial charge in [-0.2, -0.15) is 43.1 Å². The number of rotatable bonds is 19. The number of carbonyl (C=O) groups is 4. The predicted octanol–water partition coefficient (Wildman–Crippen LogP) is 8.04. The summed E-state index contributed by atoms with van der Waals surface area (Å²) in [5.41, 5.74) is 3.17. The fourth-order valence-electron chi connectivity index (χ4n) is 10.5. The number of likely N-dealkylation sites (tertiary alicyclic amines) is 1. The number of aryl methyl sites for hydroxylation is 2. The zero-order chi connectivity index (χ0) is 64.9. The van der Waals surface area contributed by atoms with E-state index in [1.54, 1.807) is 88.1 Å². The maximum atomic E-state index is 14.2. The van der Waals surface area contributed by atoms with Crippen LogP contribution >= 0.6 is 0 Å². The van der Waals surface area contributed by atoms with Crippen LogP contribution in [0.5, 0.6) is 34.5 Å². The molecule has 12 rings (SSSR count). The van der Waals surface area contributed by atoms with Crippen LogP contribution in [0.15, 0.2) is 129 Å². The van der Waals surface area contributed by atoms with Gasteiger partial charge in [-0.1, -0.05) is 6.07 Å². The number of benzene rings is 3. The third-order valence-electron chi connectivity index (χ3n) is 15.1. The van der Waals surface area contributed by atoms with Gasteiger partial charge in [-0.15, -0.1) is 0 Å². The molecule has 0 bridgehead atoms. The summed E-state index contributed by atoms with van der Waals surface area (Å²) in [6, 6.07) is 16.7. The van der Waals surface area contributed by atoms with Gasteiger partial charge in [0.2, 0.25) is 5.91 Å². The lowest BCUT2D eigenvalue weighted by Crippen LogP contribution is -2.48. The highest BCUT2D eigenvalue weighted by atomic mass is 19.3. The Morgan fingerprint density at radius 1 is 0.652 bits per heavy atom.